The van der Waals surface area contributed by atoms with E-state index in [1.807, 2.05) is 19.1 Å². The highest BCUT2D eigenvalue weighted by Gasteiger charge is 2.17. The Bertz CT molecular complexity index is 629. The second kappa shape index (κ2) is 8.58. The molecule has 24 heavy (non-hydrogen) atoms. The molecule has 5 nitrogen and oxygen atoms in total. The van der Waals surface area contributed by atoms with Crippen LogP contribution in [0.3, 0.4) is 0 Å². The van der Waals surface area contributed by atoms with Gasteiger partial charge in [0.05, 0.1) is 25.0 Å². The first-order valence-electron chi connectivity index (χ1n) is 8.43. The lowest BCUT2D eigenvalue weighted by molar-refractivity contribution is -0.0182. The van der Waals surface area contributed by atoms with Crippen molar-refractivity contribution in [1.29, 1.82) is 0 Å². The predicted molar refractivity (Wildman–Crippen MR) is 97.7 cm³/mol. The molecule has 0 radical (unpaired) electrons. The summed E-state index contributed by atoms with van der Waals surface area (Å²) >= 11 is 1.68. The largest absolute Gasteiger partial charge is 0.494 e. The minimum absolute atomic E-state index is 0.271. The zero-order valence-corrected chi connectivity index (χ0v) is 15.1. The average Bonchev–Trinajstić information content (AvgIpc) is 3.05. The van der Waals surface area contributed by atoms with E-state index in [1.54, 1.807) is 11.3 Å². The van der Waals surface area contributed by atoms with E-state index in [1.165, 1.54) is 0 Å². The van der Waals surface area contributed by atoms with Gasteiger partial charge in [0, 0.05) is 37.1 Å². The van der Waals surface area contributed by atoms with Crippen LogP contribution in [-0.2, 0) is 11.3 Å². The summed E-state index contributed by atoms with van der Waals surface area (Å²) in [5.41, 5.74) is 2.21. The first-order chi connectivity index (χ1) is 11.7. The fourth-order valence-corrected chi connectivity index (χ4v) is 3.56. The van der Waals surface area contributed by atoms with Crippen LogP contribution < -0.4 is 10.1 Å². The lowest BCUT2D eigenvalue weighted by atomic mass is 10.2. The molecule has 6 heteroatoms. The molecule has 1 aliphatic rings. The predicted octanol–water partition coefficient (Wildman–Crippen LogP) is 2.63. The first kappa shape index (κ1) is 17.4. The van der Waals surface area contributed by atoms with Crippen molar-refractivity contribution in [2.24, 2.45) is 0 Å². The zero-order chi connectivity index (χ0) is 16.8. The molecule has 0 aliphatic carbocycles. The van der Waals surface area contributed by atoms with Crippen molar-refractivity contribution in [3.05, 3.63) is 35.3 Å². The Hall–Kier alpha value is -1.47. The highest BCUT2D eigenvalue weighted by molar-refractivity contribution is 7.13. The van der Waals surface area contributed by atoms with Crippen LogP contribution in [0.25, 0.3) is 10.6 Å². The molecule has 1 atom stereocenters. The maximum Gasteiger partial charge on any atom is 0.123 e. The van der Waals surface area contributed by atoms with Crippen molar-refractivity contribution in [2.45, 2.75) is 19.6 Å². The monoisotopic (exact) mass is 347 g/mol. The Labute approximate surface area is 147 Å². The first-order valence-corrected chi connectivity index (χ1v) is 9.31. The summed E-state index contributed by atoms with van der Waals surface area (Å²) in [6, 6.07) is 8.11. The highest BCUT2D eigenvalue weighted by atomic mass is 32.1. The van der Waals surface area contributed by atoms with Crippen LogP contribution in [0.1, 0.15) is 12.6 Å². The maximum atomic E-state index is 5.76. The third-order valence-corrected chi connectivity index (χ3v) is 4.92. The molecule has 2 heterocycles. The molecule has 1 saturated heterocycles. The Morgan fingerprint density at radius 1 is 1.38 bits per heavy atom. The molecule has 0 bridgehead atoms. The second-order valence-electron chi connectivity index (χ2n) is 5.99. The van der Waals surface area contributed by atoms with E-state index in [2.05, 4.69) is 34.8 Å². The number of nitrogens with one attached hydrogen (secondary N) is 1. The van der Waals surface area contributed by atoms with Crippen LogP contribution in [0.5, 0.6) is 5.75 Å². The zero-order valence-electron chi connectivity index (χ0n) is 14.3. The SMILES string of the molecule is CCOc1ccc(-c2nc(CNC[C@@H]3CN(C)CCO3)cs2)cc1. The number of aromatic nitrogens is 1. The van der Waals surface area contributed by atoms with Gasteiger partial charge in [0.15, 0.2) is 0 Å². The van der Waals surface area contributed by atoms with Crippen LogP contribution >= 0.6 is 11.3 Å². The van der Waals surface area contributed by atoms with Crippen LogP contribution in [0.4, 0.5) is 0 Å². The van der Waals surface area contributed by atoms with E-state index >= 15 is 0 Å². The minimum atomic E-state index is 0.271. The minimum Gasteiger partial charge on any atom is -0.494 e. The van der Waals surface area contributed by atoms with E-state index in [0.29, 0.717) is 6.61 Å². The third-order valence-electron chi connectivity index (χ3n) is 3.98. The molecular weight excluding hydrogens is 322 g/mol. The van der Waals surface area contributed by atoms with Gasteiger partial charge in [0.2, 0.25) is 0 Å². The van der Waals surface area contributed by atoms with Crippen LogP contribution in [0.2, 0.25) is 0 Å². The van der Waals surface area contributed by atoms with Crippen LogP contribution in [0, 0.1) is 0 Å². The molecule has 130 valence electrons. The Kier molecular flexibility index (Phi) is 6.20. The number of thiazole rings is 1. The van der Waals surface area contributed by atoms with Gasteiger partial charge in [-0.3, -0.25) is 0 Å². The standard InChI is InChI=1S/C18H25N3O2S/c1-3-22-16-6-4-14(5-7-16)18-20-15(13-24-18)10-19-11-17-12-21(2)8-9-23-17/h4-7,13,17,19H,3,8-12H2,1-2H3/t17-/m1/s1. The number of hydrogen-bond acceptors (Lipinski definition) is 6. The molecule has 0 unspecified atom stereocenters. The lowest BCUT2D eigenvalue weighted by Gasteiger charge is -2.30. The molecular formula is C18H25N3O2S. The summed E-state index contributed by atoms with van der Waals surface area (Å²) in [5, 5.41) is 6.62. The van der Waals surface area contributed by atoms with Gasteiger partial charge >= 0.3 is 0 Å². The Morgan fingerprint density at radius 3 is 2.96 bits per heavy atom. The number of ether oxygens (including phenoxy) is 2. The Balaban J connectivity index is 1.50. The molecule has 1 aliphatic heterocycles. The van der Waals surface area contributed by atoms with Gasteiger partial charge in [-0.1, -0.05) is 0 Å². The van der Waals surface area contributed by atoms with Gasteiger partial charge in [0.1, 0.15) is 10.8 Å². The summed E-state index contributed by atoms with van der Waals surface area (Å²) in [6.45, 7) is 7.14. The Morgan fingerprint density at radius 2 is 2.21 bits per heavy atom. The molecule has 2 aromatic rings. The molecule has 0 spiro atoms. The fraction of sp³-hybridized carbons (Fsp3) is 0.500. The van der Waals surface area contributed by atoms with E-state index in [-0.39, 0.29) is 6.10 Å². The lowest BCUT2D eigenvalue weighted by Crippen LogP contribution is -2.44. The van der Waals surface area contributed by atoms with Gasteiger partial charge in [-0.05, 0) is 38.2 Å². The maximum absolute atomic E-state index is 5.76. The summed E-state index contributed by atoms with van der Waals surface area (Å²) in [4.78, 5) is 7.03. The topological polar surface area (TPSA) is 46.6 Å². The summed E-state index contributed by atoms with van der Waals surface area (Å²) in [7, 11) is 2.14. The van der Waals surface area contributed by atoms with Gasteiger partial charge in [-0.15, -0.1) is 11.3 Å². The normalized spacial score (nSPS) is 18.7. The third kappa shape index (κ3) is 4.77. The smallest absolute Gasteiger partial charge is 0.123 e. The number of likely N-dealkylation sites (N-methyl/N-ethyl adjacent to an activating group) is 1. The van der Waals surface area contributed by atoms with E-state index in [4.69, 9.17) is 14.5 Å². The van der Waals surface area contributed by atoms with Crippen molar-refractivity contribution < 1.29 is 9.47 Å². The fourth-order valence-electron chi connectivity index (χ4n) is 2.73. The van der Waals surface area contributed by atoms with Crippen molar-refractivity contribution in [3.8, 4) is 16.3 Å². The molecule has 1 fully saturated rings. The van der Waals surface area contributed by atoms with Gasteiger partial charge in [0.25, 0.3) is 0 Å². The van der Waals surface area contributed by atoms with Gasteiger partial charge in [-0.2, -0.15) is 0 Å². The molecule has 1 aromatic carbocycles. The molecule has 0 saturated carbocycles. The van der Waals surface area contributed by atoms with Crippen LogP contribution in [0.15, 0.2) is 29.6 Å². The summed E-state index contributed by atoms with van der Waals surface area (Å²) in [5.74, 6) is 0.900. The highest BCUT2D eigenvalue weighted by Crippen LogP contribution is 2.25. The summed E-state index contributed by atoms with van der Waals surface area (Å²) < 4.78 is 11.2. The van der Waals surface area contributed by atoms with E-state index in [9.17, 15) is 0 Å². The molecule has 1 N–H and O–H groups in total. The van der Waals surface area contributed by atoms with Crippen molar-refractivity contribution >= 4 is 11.3 Å². The van der Waals surface area contributed by atoms with Gasteiger partial charge in [-0.25, -0.2) is 4.98 Å². The number of hydrogen-bond donors (Lipinski definition) is 1. The van der Waals surface area contributed by atoms with Gasteiger partial charge < -0.3 is 19.7 Å². The van der Waals surface area contributed by atoms with Crippen molar-refractivity contribution in [3.63, 3.8) is 0 Å². The molecule has 1 aromatic heterocycles. The quantitative estimate of drug-likeness (QED) is 0.834. The second-order valence-corrected chi connectivity index (χ2v) is 6.85. The number of nitrogens with zero attached hydrogens (tertiary/aromatic N) is 2. The molecule has 3 rings (SSSR count). The number of benzene rings is 1. The van der Waals surface area contributed by atoms with E-state index < -0.39 is 0 Å². The van der Waals surface area contributed by atoms with Crippen LogP contribution in [-0.4, -0.2) is 55.9 Å². The summed E-state index contributed by atoms with van der Waals surface area (Å²) in [6.07, 6.45) is 0.271. The molecule has 0 amide bonds. The van der Waals surface area contributed by atoms with Crippen molar-refractivity contribution in [2.75, 3.05) is 39.9 Å². The van der Waals surface area contributed by atoms with E-state index in [0.717, 1.165) is 54.8 Å². The number of rotatable bonds is 7. The average molecular weight is 347 g/mol. The van der Waals surface area contributed by atoms with Crippen molar-refractivity contribution in [1.82, 2.24) is 15.2 Å². The number of morpholine rings is 1.